The molecule has 1 heterocycles. The van der Waals surface area contributed by atoms with E-state index in [0.717, 1.165) is 5.69 Å². The highest BCUT2D eigenvalue weighted by atomic mass is 16.5. The molecule has 0 saturated carbocycles. The second-order valence-corrected chi connectivity index (χ2v) is 4.96. The lowest BCUT2D eigenvalue weighted by Gasteiger charge is -2.11. The van der Waals surface area contributed by atoms with Crippen LogP contribution >= 0.6 is 0 Å². The van der Waals surface area contributed by atoms with Crippen molar-refractivity contribution in [2.45, 2.75) is 0 Å². The lowest BCUT2D eigenvalue weighted by atomic mass is 10.2. The van der Waals surface area contributed by atoms with E-state index in [1.54, 1.807) is 38.6 Å². The molecule has 0 amide bonds. The van der Waals surface area contributed by atoms with Crippen LogP contribution in [0.1, 0.15) is 0 Å². The minimum absolute atomic E-state index is 0.486. The molecule has 7 heteroatoms. The van der Waals surface area contributed by atoms with Gasteiger partial charge in [0.25, 0.3) is 0 Å². The third kappa shape index (κ3) is 3.03. The molecule has 3 rings (SSSR count). The van der Waals surface area contributed by atoms with Gasteiger partial charge in [-0.1, -0.05) is 0 Å². The number of fused-ring (bicyclic) bond motifs is 1. The number of nitrogens with zero attached hydrogens (tertiary/aromatic N) is 2. The summed E-state index contributed by atoms with van der Waals surface area (Å²) < 4.78 is 10.5. The fourth-order valence-electron chi connectivity index (χ4n) is 2.25. The van der Waals surface area contributed by atoms with Gasteiger partial charge in [0, 0.05) is 29.6 Å². The molecule has 118 valence electrons. The number of nitrogens with two attached hydrogens (primary N) is 2. The maximum atomic E-state index is 5.96. The summed E-state index contributed by atoms with van der Waals surface area (Å²) in [6.07, 6.45) is 1.62. The van der Waals surface area contributed by atoms with Crippen molar-refractivity contribution in [3.05, 3.63) is 36.5 Å². The first-order valence-electron chi connectivity index (χ1n) is 6.91. The molecule has 0 aliphatic rings. The van der Waals surface area contributed by atoms with Crippen LogP contribution in [0, 0.1) is 0 Å². The minimum Gasteiger partial charge on any atom is -0.497 e. The van der Waals surface area contributed by atoms with E-state index in [1.807, 2.05) is 12.1 Å². The van der Waals surface area contributed by atoms with Gasteiger partial charge in [-0.25, -0.2) is 4.98 Å². The van der Waals surface area contributed by atoms with E-state index in [0.29, 0.717) is 39.7 Å². The number of hydrogen-bond donors (Lipinski definition) is 3. The van der Waals surface area contributed by atoms with E-state index in [1.165, 1.54) is 0 Å². The number of methoxy groups -OCH3 is 2. The molecule has 0 radical (unpaired) electrons. The molecule has 0 spiro atoms. The van der Waals surface area contributed by atoms with Crippen molar-refractivity contribution in [2.75, 3.05) is 31.0 Å². The van der Waals surface area contributed by atoms with Crippen LogP contribution in [0.5, 0.6) is 11.5 Å². The van der Waals surface area contributed by atoms with Gasteiger partial charge < -0.3 is 26.3 Å². The Morgan fingerprint density at radius 3 is 2.30 bits per heavy atom. The summed E-state index contributed by atoms with van der Waals surface area (Å²) in [6, 6.07) is 8.85. The summed E-state index contributed by atoms with van der Waals surface area (Å²) in [5.41, 5.74) is 14.8. The van der Waals surface area contributed by atoms with Crippen molar-refractivity contribution in [1.82, 2.24) is 9.97 Å². The van der Waals surface area contributed by atoms with Crippen LogP contribution < -0.4 is 26.3 Å². The van der Waals surface area contributed by atoms with Crippen molar-refractivity contribution in [1.29, 1.82) is 0 Å². The first-order chi connectivity index (χ1) is 11.1. The SMILES string of the molecule is COc1cc(Nc2cnc3cc(N)cc(N)c3n2)cc(OC)c1. The highest BCUT2D eigenvalue weighted by Crippen LogP contribution is 2.28. The van der Waals surface area contributed by atoms with E-state index in [9.17, 15) is 0 Å². The fraction of sp³-hybridized carbons (Fsp3) is 0.125. The average molecular weight is 311 g/mol. The zero-order valence-corrected chi connectivity index (χ0v) is 12.8. The van der Waals surface area contributed by atoms with Crippen molar-refractivity contribution < 1.29 is 9.47 Å². The van der Waals surface area contributed by atoms with Gasteiger partial charge in [-0.3, -0.25) is 4.98 Å². The van der Waals surface area contributed by atoms with Crippen LogP contribution in [-0.2, 0) is 0 Å². The number of nitrogen functional groups attached to an aromatic ring is 2. The molecule has 5 N–H and O–H groups in total. The Hall–Kier alpha value is -3.22. The van der Waals surface area contributed by atoms with E-state index in [-0.39, 0.29) is 0 Å². The second-order valence-electron chi connectivity index (χ2n) is 4.96. The summed E-state index contributed by atoms with van der Waals surface area (Å²) in [4.78, 5) is 8.82. The Kier molecular flexibility index (Phi) is 3.76. The number of hydrogen-bond acceptors (Lipinski definition) is 7. The Labute approximate surface area is 133 Å². The molecule has 0 saturated heterocycles. The smallest absolute Gasteiger partial charge is 0.149 e. The Bertz CT molecular complexity index is 844. The summed E-state index contributed by atoms with van der Waals surface area (Å²) in [5.74, 6) is 1.91. The van der Waals surface area contributed by atoms with Gasteiger partial charge in [0.1, 0.15) is 22.8 Å². The molecular formula is C16H17N5O2. The van der Waals surface area contributed by atoms with Gasteiger partial charge in [0.05, 0.1) is 31.6 Å². The molecule has 2 aromatic carbocycles. The molecule has 23 heavy (non-hydrogen) atoms. The summed E-state index contributed by atoms with van der Waals surface area (Å²) in [5, 5.41) is 3.17. The number of aromatic nitrogens is 2. The number of benzene rings is 2. The first kappa shape index (κ1) is 14.7. The van der Waals surface area contributed by atoms with Gasteiger partial charge in [-0.2, -0.15) is 0 Å². The van der Waals surface area contributed by atoms with Crippen molar-refractivity contribution in [3.8, 4) is 11.5 Å². The van der Waals surface area contributed by atoms with Crippen LogP contribution in [0.25, 0.3) is 11.0 Å². The van der Waals surface area contributed by atoms with Crippen LogP contribution in [0.15, 0.2) is 36.5 Å². The zero-order valence-electron chi connectivity index (χ0n) is 12.8. The number of nitrogens with one attached hydrogen (secondary N) is 1. The maximum Gasteiger partial charge on any atom is 0.149 e. The lowest BCUT2D eigenvalue weighted by Crippen LogP contribution is -2.00. The molecule has 0 bridgehead atoms. The summed E-state index contributed by atoms with van der Waals surface area (Å²) >= 11 is 0. The van der Waals surface area contributed by atoms with Gasteiger partial charge in [0.15, 0.2) is 0 Å². The van der Waals surface area contributed by atoms with Gasteiger partial charge >= 0.3 is 0 Å². The van der Waals surface area contributed by atoms with E-state index in [4.69, 9.17) is 20.9 Å². The summed E-state index contributed by atoms with van der Waals surface area (Å²) in [7, 11) is 3.19. The van der Waals surface area contributed by atoms with Gasteiger partial charge in [0.2, 0.25) is 0 Å². The first-order valence-corrected chi connectivity index (χ1v) is 6.91. The third-order valence-electron chi connectivity index (χ3n) is 3.32. The third-order valence-corrected chi connectivity index (χ3v) is 3.32. The Morgan fingerprint density at radius 2 is 1.65 bits per heavy atom. The van der Waals surface area contributed by atoms with Crippen molar-refractivity contribution >= 4 is 33.9 Å². The largest absolute Gasteiger partial charge is 0.497 e. The minimum atomic E-state index is 0.486. The van der Waals surface area contributed by atoms with E-state index < -0.39 is 0 Å². The fourth-order valence-corrected chi connectivity index (χ4v) is 2.25. The molecule has 1 aromatic heterocycles. The molecular weight excluding hydrogens is 294 g/mol. The van der Waals surface area contributed by atoms with Crippen molar-refractivity contribution in [2.24, 2.45) is 0 Å². The van der Waals surface area contributed by atoms with Gasteiger partial charge in [-0.05, 0) is 12.1 Å². The Morgan fingerprint density at radius 1 is 0.957 bits per heavy atom. The molecule has 3 aromatic rings. The topological polar surface area (TPSA) is 108 Å². The van der Waals surface area contributed by atoms with Gasteiger partial charge in [-0.15, -0.1) is 0 Å². The molecule has 0 unspecified atom stereocenters. The highest BCUT2D eigenvalue weighted by molar-refractivity contribution is 5.90. The Balaban J connectivity index is 1.98. The van der Waals surface area contributed by atoms with Crippen LogP contribution in [-0.4, -0.2) is 24.2 Å². The molecule has 0 atom stereocenters. The normalized spacial score (nSPS) is 10.5. The quantitative estimate of drug-likeness (QED) is 0.635. The average Bonchev–Trinajstić information content (AvgIpc) is 2.55. The van der Waals surface area contributed by atoms with E-state index in [2.05, 4.69) is 15.3 Å². The zero-order chi connectivity index (χ0) is 16.4. The van der Waals surface area contributed by atoms with E-state index >= 15 is 0 Å². The lowest BCUT2D eigenvalue weighted by molar-refractivity contribution is 0.395. The predicted molar refractivity (Wildman–Crippen MR) is 91.2 cm³/mol. The monoisotopic (exact) mass is 311 g/mol. The number of ether oxygens (including phenoxy) is 2. The maximum absolute atomic E-state index is 5.96. The van der Waals surface area contributed by atoms with Crippen LogP contribution in [0.3, 0.4) is 0 Å². The molecule has 7 nitrogen and oxygen atoms in total. The standard InChI is InChI=1S/C16H17N5O2/c1-22-11-5-10(6-12(7-11)23-2)20-15-8-19-14-4-9(17)3-13(18)16(14)21-15/h3-8H,17-18H2,1-2H3,(H,20,21). The number of rotatable bonds is 4. The predicted octanol–water partition coefficient (Wildman–Crippen LogP) is 2.56. The molecule has 0 aliphatic carbocycles. The number of anilines is 4. The van der Waals surface area contributed by atoms with Crippen molar-refractivity contribution in [3.63, 3.8) is 0 Å². The second kappa shape index (κ2) is 5.88. The van der Waals surface area contributed by atoms with Crippen LogP contribution in [0.4, 0.5) is 22.9 Å². The molecule has 0 aliphatic heterocycles. The van der Waals surface area contributed by atoms with Crippen LogP contribution in [0.2, 0.25) is 0 Å². The summed E-state index contributed by atoms with van der Waals surface area (Å²) in [6.45, 7) is 0. The highest BCUT2D eigenvalue weighted by Gasteiger charge is 2.07. The molecule has 0 fully saturated rings.